The maximum Gasteiger partial charge on any atom is 0.339 e. The largest absolute Gasteiger partial charge is 0.478 e. The van der Waals surface area contributed by atoms with Crippen LogP contribution in [-0.4, -0.2) is 29.1 Å². The van der Waals surface area contributed by atoms with E-state index in [-0.39, 0.29) is 5.56 Å². The molecule has 2 rings (SSSR count). The van der Waals surface area contributed by atoms with Crippen molar-refractivity contribution in [3.8, 4) is 0 Å². The third-order valence-corrected chi connectivity index (χ3v) is 2.70. The number of nitrogens with zero attached hydrogens (tertiary/aromatic N) is 2. The Morgan fingerprint density at radius 2 is 2.33 bits per heavy atom. The molecule has 0 unspecified atom stereocenters. The number of hydrogen-bond acceptors (Lipinski definition) is 3. The summed E-state index contributed by atoms with van der Waals surface area (Å²) in [7, 11) is 1.86. The first-order chi connectivity index (χ1) is 7.09. The molecule has 1 aliphatic carbocycles. The molecule has 0 bridgehead atoms. The van der Waals surface area contributed by atoms with Gasteiger partial charge in [0, 0.05) is 19.3 Å². The van der Waals surface area contributed by atoms with Crippen molar-refractivity contribution in [2.75, 3.05) is 11.9 Å². The number of carboxylic acid groups (broad SMARTS) is 1. The first-order valence-electron chi connectivity index (χ1n) is 4.71. The highest BCUT2D eigenvalue weighted by Gasteiger charge is 2.29. The lowest BCUT2D eigenvalue weighted by molar-refractivity contribution is 0.0697. The SMILES string of the molecule is CN(c1ncc(Cl)cc1C(=O)O)C1CC1. The summed E-state index contributed by atoms with van der Waals surface area (Å²) >= 11 is 5.72. The number of carboxylic acids is 1. The molecule has 0 aliphatic heterocycles. The summed E-state index contributed by atoms with van der Waals surface area (Å²) in [4.78, 5) is 17.0. The number of hydrogen-bond donors (Lipinski definition) is 1. The molecular formula is C10H11ClN2O2. The van der Waals surface area contributed by atoms with Gasteiger partial charge in [0.05, 0.1) is 5.02 Å². The molecular weight excluding hydrogens is 216 g/mol. The van der Waals surface area contributed by atoms with E-state index in [0.717, 1.165) is 12.8 Å². The average molecular weight is 227 g/mol. The predicted molar refractivity (Wildman–Crippen MR) is 57.6 cm³/mol. The van der Waals surface area contributed by atoms with Crippen molar-refractivity contribution in [2.24, 2.45) is 0 Å². The minimum absolute atomic E-state index is 0.164. The molecule has 1 aromatic rings. The molecule has 0 radical (unpaired) electrons. The Morgan fingerprint density at radius 1 is 1.67 bits per heavy atom. The van der Waals surface area contributed by atoms with E-state index in [4.69, 9.17) is 16.7 Å². The van der Waals surface area contributed by atoms with Crippen LogP contribution in [0.2, 0.25) is 5.02 Å². The molecule has 0 spiro atoms. The van der Waals surface area contributed by atoms with Crippen LogP contribution < -0.4 is 4.90 Å². The lowest BCUT2D eigenvalue weighted by Gasteiger charge is -2.19. The molecule has 0 aromatic carbocycles. The van der Waals surface area contributed by atoms with Crippen LogP contribution in [0.15, 0.2) is 12.3 Å². The van der Waals surface area contributed by atoms with Gasteiger partial charge in [-0.05, 0) is 18.9 Å². The van der Waals surface area contributed by atoms with E-state index < -0.39 is 5.97 Å². The van der Waals surface area contributed by atoms with Crippen LogP contribution in [0.5, 0.6) is 0 Å². The lowest BCUT2D eigenvalue weighted by Crippen LogP contribution is -2.23. The summed E-state index contributed by atoms with van der Waals surface area (Å²) in [5.41, 5.74) is 0.164. The van der Waals surface area contributed by atoms with Crippen molar-refractivity contribution in [3.63, 3.8) is 0 Å². The van der Waals surface area contributed by atoms with E-state index >= 15 is 0 Å². The molecule has 1 aromatic heterocycles. The summed E-state index contributed by atoms with van der Waals surface area (Å²) in [5, 5.41) is 9.36. The Bertz CT molecular complexity index is 404. The van der Waals surface area contributed by atoms with Gasteiger partial charge in [-0.25, -0.2) is 9.78 Å². The van der Waals surface area contributed by atoms with Crippen LogP contribution >= 0.6 is 11.6 Å². The van der Waals surface area contributed by atoms with Crippen molar-refractivity contribution in [1.82, 2.24) is 4.98 Å². The fraction of sp³-hybridized carbons (Fsp3) is 0.400. The van der Waals surface area contributed by atoms with Crippen LogP contribution in [0.3, 0.4) is 0 Å². The number of halogens is 1. The normalized spacial score (nSPS) is 15.1. The molecule has 5 heteroatoms. The standard InChI is InChI=1S/C10H11ClN2O2/c1-13(7-2-3-7)9-8(10(14)15)4-6(11)5-12-9/h4-5,7H,2-3H2,1H3,(H,14,15). The molecule has 1 fully saturated rings. The van der Waals surface area contributed by atoms with Crippen molar-refractivity contribution in [3.05, 3.63) is 22.8 Å². The van der Waals surface area contributed by atoms with Crippen LogP contribution in [0.4, 0.5) is 5.82 Å². The monoisotopic (exact) mass is 226 g/mol. The number of rotatable bonds is 3. The number of anilines is 1. The quantitative estimate of drug-likeness (QED) is 0.857. The van der Waals surface area contributed by atoms with Crippen LogP contribution in [0.25, 0.3) is 0 Å². The summed E-state index contributed by atoms with van der Waals surface area (Å²) in [6, 6.07) is 1.86. The zero-order chi connectivity index (χ0) is 11.0. The second-order valence-electron chi connectivity index (χ2n) is 3.67. The fourth-order valence-electron chi connectivity index (χ4n) is 1.51. The third-order valence-electron chi connectivity index (χ3n) is 2.49. The van der Waals surface area contributed by atoms with Gasteiger partial charge in [-0.3, -0.25) is 0 Å². The molecule has 4 nitrogen and oxygen atoms in total. The zero-order valence-corrected chi connectivity index (χ0v) is 9.03. The summed E-state index contributed by atoms with van der Waals surface area (Å²) in [5.74, 6) is -0.498. The number of pyridine rings is 1. The number of carbonyl (C=O) groups is 1. The Morgan fingerprint density at radius 3 is 2.87 bits per heavy atom. The Labute approximate surface area is 92.5 Å². The topological polar surface area (TPSA) is 53.4 Å². The average Bonchev–Trinajstić information content (AvgIpc) is 2.99. The molecule has 1 heterocycles. The first kappa shape index (κ1) is 10.2. The van der Waals surface area contributed by atoms with Crippen molar-refractivity contribution in [1.29, 1.82) is 0 Å². The Balaban J connectivity index is 2.40. The van der Waals surface area contributed by atoms with E-state index in [1.54, 1.807) is 0 Å². The molecule has 80 valence electrons. The molecule has 1 aliphatic rings. The summed E-state index contributed by atoms with van der Waals surface area (Å²) in [6.45, 7) is 0. The van der Waals surface area contributed by atoms with Crippen LogP contribution in [0, 0.1) is 0 Å². The molecule has 1 saturated carbocycles. The maximum absolute atomic E-state index is 11.0. The highest BCUT2D eigenvalue weighted by atomic mass is 35.5. The predicted octanol–water partition coefficient (Wildman–Crippen LogP) is 2.03. The van der Waals surface area contributed by atoms with Crippen molar-refractivity contribution in [2.45, 2.75) is 18.9 Å². The minimum atomic E-state index is -0.993. The molecule has 1 N–H and O–H groups in total. The fourth-order valence-corrected chi connectivity index (χ4v) is 1.66. The Kier molecular flexibility index (Phi) is 2.52. The number of aromatic nitrogens is 1. The molecule has 0 atom stereocenters. The lowest BCUT2D eigenvalue weighted by atomic mass is 10.2. The summed E-state index contributed by atoms with van der Waals surface area (Å²) in [6.07, 6.45) is 3.67. The second-order valence-corrected chi connectivity index (χ2v) is 4.11. The molecule has 0 amide bonds. The van der Waals surface area contributed by atoms with Gasteiger partial charge in [0.2, 0.25) is 0 Å². The van der Waals surface area contributed by atoms with E-state index in [1.807, 2.05) is 11.9 Å². The molecule has 15 heavy (non-hydrogen) atoms. The maximum atomic E-state index is 11.0. The van der Waals surface area contributed by atoms with E-state index in [9.17, 15) is 4.79 Å². The molecule has 0 saturated heterocycles. The second kappa shape index (κ2) is 3.70. The van der Waals surface area contributed by atoms with Gasteiger partial charge < -0.3 is 10.0 Å². The van der Waals surface area contributed by atoms with E-state index in [1.165, 1.54) is 12.3 Å². The van der Waals surface area contributed by atoms with Gasteiger partial charge in [0.25, 0.3) is 0 Å². The Hall–Kier alpha value is -1.29. The van der Waals surface area contributed by atoms with E-state index in [2.05, 4.69) is 4.98 Å². The highest BCUT2D eigenvalue weighted by Crippen LogP contribution is 2.31. The zero-order valence-electron chi connectivity index (χ0n) is 8.27. The van der Waals surface area contributed by atoms with Crippen molar-refractivity contribution < 1.29 is 9.90 Å². The van der Waals surface area contributed by atoms with Gasteiger partial charge in [-0.2, -0.15) is 0 Å². The number of aromatic carboxylic acids is 1. The summed E-state index contributed by atoms with van der Waals surface area (Å²) < 4.78 is 0. The third kappa shape index (κ3) is 2.04. The van der Waals surface area contributed by atoms with Gasteiger partial charge in [-0.1, -0.05) is 11.6 Å². The van der Waals surface area contributed by atoms with Crippen LogP contribution in [0.1, 0.15) is 23.2 Å². The van der Waals surface area contributed by atoms with Gasteiger partial charge in [-0.15, -0.1) is 0 Å². The van der Waals surface area contributed by atoms with Gasteiger partial charge >= 0.3 is 5.97 Å². The van der Waals surface area contributed by atoms with Gasteiger partial charge in [0.1, 0.15) is 11.4 Å². The first-order valence-corrected chi connectivity index (χ1v) is 5.09. The van der Waals surface area contributed by atoms with Crippen molar-refractivity contribution >= 4 is 23.4 Å². The minimum Gasteiger partial charge on any atom is -0.478 e. The highest BCUT2D eigenvalue weighted by molar-refractivity contribution is 6.30. The smallest absolute Gasteiger partial charge is 0.339 e. The van der Waals surface area contributed by atoms with Crippen LogP contribution in [-0.2, 0) is 0 Å². The van der Waals surface area contributed by atoms with Gasteiger partial charge in [0.15, 0.2) is 0 Å². The van der Waals surface area contributed by atoms with E-state index in [0.29, 0.717) is 16.9 Å².